The topological polar surface area (TPSA) is 166 Å². The minimum Gasteiger partial charge on any atom is -0.508 e. The van der Waals surface area contributed by atoms with Crippen molar-refractivity contribution in [1.29, 1.82) is 0 Å². The summed E-state index contributed by atoms with van der Waals surface area (Å²) >= 11 is 1.87. The number of aromatic nitrogens is 5. The number of fused-ring (bicyclic) bond motifs is 5. The third-order valence-corrected chi connectivity index (χ3v) is 10.8. The number of halogens is 1. The Balaban J connectivity index is 1.18. The van der Waals surface area contributed by atoms with E-state index in [1.54, 1.807) is 37.6 Å². The lowest BCUT2D eigenvalue weighted by Crippen LogP contribution is -2.42. The maximum atomic E-state index is 14.2. The Morgan fingerprint density at radius 1 is 1.04 bits per heavy atom. The second kappa shape index (κ2) is 12.1. The monoisotopic (exact) mass is 803 g/mol. The molecule has 4 aliphatic rings. The summed E-state index contributed by atoms with van der Waals surface area (Å²) in [7, 11) is 4.60. The normalized spacial score (nSPS) is 19.3. The van der Waals surface area contributed by atoms with Gasteiger partial charge >= 0.3 is 11.4 Å². The van der Waals surface area contributed by atoms with E-state index in [1.807, 2.05) is 28.7 Å². The van der Waals surface area contributed by atoms with Gasteiger partial charge in [-0.15, -0.1) is 0 Å². The Morgan fingerprint density at radius 2 is 1.80 bits per heavy atom. The largest absolute Gasteiger partial charge is 0.508 e. The first kappa shape index (κ1) is 32.7. The van der Waals surface area contributed by atoms with Gasteiger partial charge in [0, 0.05) is 73.7 Å². The van der Waals surface area contributed by atoms with Crippen molar-refractivity contribution in [2.45, 2.75) is 38.4 Å². The van der Waals surface area contributed by atoms with Crippen LogP contribution >= 0.6 is 22.6 Å². The minimum atomic E-state index is -0.745. The molecule has 4 heterocycles. The molecule has 2 aromatic carbocycles. The van der Waals surface area contributed by atoms with Crippen molar-refractivity contribution in [3.63, 3.8) is 0 Å². The highest BCUT2D eigenvalue weighted by atomic mass is 127. The summed E-state index contributed by atoms with van der Waals surface area (Å²) in [6, 6.07) is 7.35. The molecule has 0 saturated carbocycles. The number of phenols is 1. The van der Waals surface area contributed by atoms with Gasteiger partial charge in [-0.25, -0.2) is 28.5 Å². The van der Waals surface area contributed by atoms with Crippen molar-refractivity contribution in [2.75, 3.05) is 14.2 Å². The zero-order chi connectivity index (χ0) is 35.9. The van der Waals surface area contributed by atoms with Gasteiger partial charge < -0.3 is 23.9 Å². The summed E-state index contributed by atoms with van der Waals surface area (Å²) in [5, 5.41) is 10.2. The number of nitrogens with zero attached hydrogens (tertiary/aromatic N) is 5. The number of aryl methyl sites for hydroxylation is 2. The zero-order valence-corrected chi connectivity index (χ0v) is 29.8. The molecule has 2 aliphatic heterocycles. The van der Waals surface area contributed by atoms with Crippen LogP contribution in [0.15, 0.2) is 89.0 Å². The zero-order valence-electron chi connectivity index (χ0n) is 27.6. The lowest BCUT2D eigenvalue weighted by Gasteiger charge is -2.40. The molecule has 260 valence electrons. The van der Waals surface area contributed by atoms with Gasteiger partial charge in [-0.2, -0.15) is 0 Å². The van der Waals surface area contributed by atoms with Gasteiger partial charge in [-0.3, -0.25) is 14.4 Å². The summed E-state index contributed by atoms with van der Waals surface area (Å²) in [4.78, 5) is 73.1. The SMILES string of the molecule is COc1cc2nc(CCn3c(=O)n4n(c3=O)[C@@H]3CC5=C(C(=O)C(I)=CC5=O)[C@@H](C5=COc6ccc(O)cc6C5)C3=CC4)c(=O)n(C)c2cc1OC. The van der Waals surface area contributed by atoms with Gasteiger partial charge in [-0.05, 0) is 51.9 Å². The number of methoxy groups -OCH3 is 2. The molecule has 0 bridgehead atoms. The quantitative estimate of drug-likeness (QED) is 0.174. The van der Waals surface area contributed by atoms with E-state index < -0.39 is 23.3 Å². The van der Waals surface area contributed by atoms with E-state index in [-0.39, 0.29) is 63.7 Å². The molecule has 0 radical (unpaired) electrons. The maximum Gasteiger partial charge on any atom is 0.347 e. The number of allylic oxidation sites excluding steroid dienone is 7. The van der Waals surface area contributed by atoms with E-state index in [4.69, 9.17) is 14.2 Å². The van der Waals surface area contributed by atoms with Crippen LogP contribution in [0.2, 0.25) is 0 Å². The molecule has 0 amide bonds. The van der Waals surface area contributed by atoms with Crippen LogP contribution < -0.4 is 31.1 Å². The summed E-state index contributed by atoms with van der Waals surface area (Å²) in [6.07, 6.45) is 5.07. The molecule has 2 atom stereocenters. The van der Waals surface area contributed by atoms with Gasteiger partial charge in [0.1, 0.15) is 17.2 Å². The predicted octanol–water partition coefficient (Wildman–Crippen LogP) is 2.81. The molecule has 51 heavy (non-hydrogen) atoms. The number of ether oxygens (including phenoxy) is 3. The lowest BCUT2D eigenvalue weighted by molar-refractivity contribution is -0.116. The van der Waals surface area contributed by atoms with E-state index >= 15 is 0 Å². The Morgan fingerprint density at radius 3 is 2.57 bits per heavy atom. The molecule has 1 N–H and O–H groups in total. The van der Waals surface area contributed by atoms with E-state index in [0.717, 1.165) is 4.57 Å². The Kier molecular flexibility index (Phi) is 7.77. The standard InChI is InChI=1S/C36H30IN5O9/c1-39-26-15-30(50-3)29(49-2)14-24(26)38-23(34(39)46)7-8-40-35(47)41-9-6-20-25(42(41)36(40)48)12-21-27(44)13-22(37)33(45)32(21)31(20)18-10-17-11-19(43)4-5-28(17)51-16-18/h4-6,11,13-16,25,31,43H,7-10,12H2,1-3H3/t25-,31+/m1/s1. The molecule has 0 saturated heterocycles. The Bertz CT molecular complexity index is 2560. The number of carbonyl (C=O) groups excluding carboxylic acids is 2. The summed E-state index contributed by atoms with van der Waals surface area (Å²) in [5.41, 5.74) is 2.31. The Hall–Kier alpha value is -5.45. The molecule has 8 rings (SSSR count). The number of Topliss-reactive ketones (excluding diaryl/α,β-unsaturated/α-hetero) is 1. The van der Waals surface area contributed by atoms with Gasteiger partial charge in [-0.1, -0.05) is 6.08 Å². The lowest BCUT2D eigenvalue weighted by atomic mass is 9.68. The molecule has 0 fully saturated rings. The highest BCUT2D eigenvalue weighted by Gasteiger charge is 2.46. The van der Waals surface area contributed by atoms with E-state index in [1.165, 1.54) is 40.3 Å². The number of hydrogen-bond acceptors (Lipinski definition) is 10. The molecule has 4 aromatic rings. The number of aromatic hydroxyl groups is 1. The Labute approximate surface area is 302 Å². The average molecular weight is 804 g/mol. The fourth-order valence-electron chi connectivity index (χ4n) is 7.61. The van der Waals surface area contributed by atoms with Gasteiger partial charge in [0.15, 0.2) is 23.1 Å². The van der Waals surface area contributed by atoms with Gasteiger partial charge in [0.2, 0.25) is 0 Å². The second-order valence-corrected chi connectivity index (χ2v) is 13.9. The number of ketones is 2. The average Bonchev–Trinajstić information content (AvgIpc) is 3.37. The predicted molar refractivity (Wildman–Crippen MR) is 192 cm³/mol. The van der Waals surface area contributed by atoms with Crippen molar-refractivity contribution < 1.29 is 28.9 Å². The van der Waals surface area contributed by atoms with Gasteiger partial charge in [0.25, 0.3) is 5.56 Å². The highest BCUT2D eigenvalue weighted by Crippen LogP contribution is 2.50. The maximum absolute atomic E-state index is 14.2. The molecule has 2 aromatic heterocycles. The summed E-state index contributed by atoms with van der Waals surface area (Å²) < 4.78 is 22.2. The first-order chi connectivity index (χ1) is 24.5. The van der Waals surface area contributed by atoms with Crippen LogP contribution in [0.4, 0.5) is 0 Å². The first-order valence-electron chi connectivity index (χ1n) is 16.1. The third-order valence-electron chi connectivity index (χ3n) is 10.0. The molecule has 14 nitrogen and oxygen atoms in total. The van der Waals surface area contributed by atoms with Gasteiger partial charge in [0.05, 0.1) is 47.7 Å². The van der Waals surface area contributed by atoms with Crippen LogP contribution in [0, 0.1) is 5.92 Å². The minimum absolute atomic E-state index is 0.00824. The van der Waals surface area contributed by atoms with Crippen LogP contribution in [0.25, 0.3) is 11.0 Å². The van der Waals surface area contributed by atoms with Crippen molar-refractivity contribution >= 4 is 45.2 Å². The van der Waals surface area contributed by atoms with Crippen LogP contribution in [0.1, 0.15) is 23.7 Å². The van der Waals surface area contributed by atoms with E-state index in [2.05, 4.69) is 4.98 Å². The van der Waals surface area contributed by atoms with Crippen molar-refractivity contribution in [2.24, 2.45) is 13.0 Å². The second-order valence-electron chi connectivity index (χ2n) is 12.7. The number of carbonyl (C=O) groups is 2. The summed E-state index contributed by atoms with van der Waals surface area (Å²) in [5.74, 6) is 0.197. The molecule has 15 heteroatoms. The number of rotatable bonds is 6. The van der Waals surface area contributed by atoms with Crippen LogP contribution in [-0.4, -0.2) is 54.4 Å². The number of benzene rings is 2. The van der Waals surface area contributed by atoms with Crippen LogP contribution in [0.5, 0.6) is 23.0 Å². The van der Waals surface area contributed by atoms with Crippen LogP contribution in [-0.2, 0) is 42.6 Å². The smallest absolute Gasteiger partial charge is 0.347 e. The summed E-state index contributed by atoms with van der Waals surface area (Å²) in [6.45, 7) is -0.0764. The molecule has 0 unspecified atom stereocenters. The fourth-order valence-corrected chi connectivity index (χ4v) is 8.18. The highest BCUT2D eigenvalue weighted by molar-refractivity contribution is 14.1. The molecule has 0 spiro atoms. The number of hydrogen-bond donors (Lipinski definition) is 1. The van der Waals surface area contributed by atoms with Crippen molar-refractivity contribution in [3.05, 3.63) is 117 Å². The molecule has 2 aliphatic carbocycles. The van der Waals surface area contributed by atoms with Crippen molar-refractivity contribution in [3.8, 4) is 23.0 Å². The molecular weight excluding hydrogens is 773 g/mol. The fraction of sp³-hybridized carbons (Fsp3) is 0.278. The number of phenolic OH excluding ortho intramolecular Hbond substituents is 1. The van der Waals surface area contributed by atoms with Crippen molar-refractivity contribution in [1.82, 2.24) is 23.5 Å². The van der Waals surface area contributed by atoms with E-state index in [9.17, 15) is 29.1 Å². The molecular formula is C36H30IN5O9. The van der Waals surface area contributed by atoms with Crippen LogP contribution in [0.3, 0.4) is 0 Å². The van der Waals surface area contributed by atoms with E-state index in [0.29, 0.717) is 57.0 Å². The third kappa shape index (κ3) is 5.04. The first-order valence-corrected chi connectivity index (χ1v) is 17.2.